The van der Waals surface area contributed by atoms with Crippen molar-refractivity contribution in [2.24, 2.45) is 23.0 Å². The molecular formula is C34H43N7O4. The highest BCUT2D eigenvalue weighted by atomic mass is 16.5. The van der Waals surface area contributed by atoms with Crippen LogP contribution in [0.5, 0.6) is 5.88 Å². The monoisotopic (exact) mass is 613 g/mol. The first-order chi connectivity index (χ1) is 21.3. The van der Waals surface area contributed by atoms with E-state index in [4.69, 9.17) is 20.4 Å². The van der Waals surface area contributed by atoms with Gasteiger partial charge >= 0.3 is 0 Å². The third kappa shape index (κ3) is 4.96. The molecule has 4 unspecified atom stereocenters. The van der Waals surface area contributed by atoms with E-state index < -0.39 is 11.5 Å². The van der Waals surface area contributed by atoms with E-state index in [1.807, 2.05) is 45.1 Å². The van der Waals surface area contributed by atoms with Crippen LogP contribution in [0.3, 0.4) is 0 Å². The van der Waals surface area contributed by atoms with Gasteiger partial charge in [-0.05, 0) is 69.2 Å². The average molecular weight is 614 g/mol. The number of hydrogen-bond donors (Lipinski definition) is 3. The number of aromatic nitrogens is 4. The molecule has 2 bridgehead atoms. The van der Waals surface area contributed by atoms with Gasteiger partial charge in [0.15, 0.2) is 5.88 Å². The summed E-state index contributed by atoms with van der Waals surface area (Å²) in [5.41, 5.74) is 11.2. The van der Waals surface area contributed by atoms with Gasteiger partial charge in [0.1, 0.15) is 17.0 Å². The van der Waals surface area contributed by atoms with E-state index in [1.54, 1.807) is 24.1 Å². The Morgan fingerprint density at radius 1 is 1.18 bits per heavy atom. The van der Waals surface area contributed by atoms with Gasteiger partial charge in [-0.1, -0.05) is 20.8 Å². The molecule has 7 rings (SSSR count). The summed E-state index contributed by atoms with van der Waals surface area (Å²) >= 11 is 0. The Morgan fingerprint density at radius 2 is 1.93 bits per heavy atom. The molecular weight excluding hydrogens is 570 g/mol. The van der Waals surface area contributed by atoms with E-state index in [-0.39, 0.29) is 35.9 Å². The molecule has 3 fully saturated rings. The number of hydrogen-bond acceptors (Lipinski definition) is 7. The average Bonchev–Trinajstić information content (AvgIpc) is 3.45. The second-order valence-electron chi connectivity index (χ2n) is 14.3. The van der Waals surface area contributed by atoms with Gasteiger partial charge in [0.05, 0.1) is 42.4 Å². The lowest BCUT2D eigenvalue weighted by atomic mass is 9.95. The van der Waals surface area contributed by atoms with Gasteiger partial charge in [0, 0.05) is 41.6 Å². The minimum absolute atomic E-state index is 0.0191. The van der Waals surface area contributed by atoms with Crippen molar-refractivity contribution in [3.05, 3.63) is 47.3 Å². The molecule has 2 aliphatic carbocycles. The van der Waals surface area contributed by atoms with Gasteiger partial charge in [-0.25, -0.2) is 9.97 Å². The Labute approximate surface area is 262 Å². The van der Waals surface area contributed by atoms with Crippen molar-refractivity contribution in [2.75, 3.05) is 13.7 Å². The van der Waals surface area contributed by atoms with Gasteiger partial charge in [0.2, 0.25) is 5.91 Å². The number of piperidine rings is 1. The number of nitrogens with one attached hydrogen (secondary N) is 1. The van der Waals surface area contributed by atoms with Crippen LogP contribution in [0, 0.1) is 24.2 Å². The molecule has 0 spiro atoms. The quantitative estimate of drug-likeness (QED) is 0.288. The molecule has 3 aliphatic rings. The summed E-state index contributed by atoms with van der Waals surface area (Å²) in [6.45, 7) is 11.1. The highest BCUT2D eigenvalue weighted by Gasteiger charge is 2.52. The molecule has 0 radical (unpaired) electrons. The Kier molecular flexibility index (Phi) is 6.97. The predicted octanol–water partition coefficient (Wildman–Crippen LogP) is 3.83. The van der Waals surface area contributed by atoms with Crippen molar-refractivity contribution in [3.63, 3.8) is 0 Å². The Balaban J connectivity index is 1.29. The van der Waals surface area contributed by atoms with Crippen LogP contribution >= 0.6 is 0 Å². The molecule has 2 saturated carbocycles. The number of carbonyl (C=O) groups is 2. The standard InChI is InChI=1S/C34H43N7O4/c1-17(36-33(44)34(3,4)5)23-10-9-20-11-24(39(31(20)37-23)15-19-7-8-19)29-18(2)41-26(38-29)13-21(14-27(41)45-6)32(43)40-16-22-12-25(42)30(40)28(22)35/h9-11,13-14,17,19,22,25,28,30,42H,7-8,12,15-16,35H2,1-6H3,(H,36,44)/t17-,22?,25?,28?,30?/m1/s1. The summed E-state index contributed by atoms with van der Waals surface area (Å²) in [4.78, 5) is 38.3. The summed E-state index contributed by atoms with van der Waals surface area (Å²) < 4.78 is 9.99. The van der Waals surface area contributed by atoms with E-state index in [0.29, 0.717) is 36.0 Å². The summed E-state index contributed by atoms with van der Waals surface area (Å²) in [7, 11) is 1.59. The molecule has 45 heavy (non-hydrogen) atoms. The predicted molar refractivity (Wildman–Crippen MR) is 171 cm³/mol. The lowest BCUT2D eigenvalue weighted by molar-refractivity contribution is -0.129. The Bertz CT molecular complexity index is 1830. The number of aryl methyl sites for hydroxylation is 1. The van der Waals surface area contributed by atoms with Crippen LogP contribution in [0.1, 0.15) is 74.7 Å². The van der Waals surface area contributed by atoms with Crippen molar-refractivity contribution in [1.82, 2.24) is 29.2 Å². The van der Waals surface area contributed by atoms with E-state index in [1.165, 1.54) is 12.8 Å². The van der Waals surface area contributed by atoms with Crippen LogP contribution in [0.15, 0.2) is 30.3 Å². The summed E-state index contributed by atoms with van der Waals surface area (Å²) in [6.07, 6.45) is 2.39. The van der Waals surface area contributed by atoms with E-state index in [0.717, 1.165) is 40.4 Å². The molecule has 11 nitrogen and oxygen atoms in total. The van der Waals surface area contributed by atoms with Crippen molar-refractivity contribution >= 4 is 28.5 Å². The molecule has 2 amide bonds. The smallest absolute Gasteiger partial charge is 0.254 e. The zero-order chi connectivity index (χ0) is 31.9. The topological polar surface area (TPSA) is 140 Å². The third-order valence-corrected chi connectivity index (χ3v) is 9.92. The number of nitrogens with zero attached hydrogens (tertiary/aromatic N) is 5. The maximum absolute atomic E-state index is 13.7. The van der Waals surface area contributed by atoms with E-state index in [9.17, 15) is 14.7 Å². The number of aliphatic hydroxyl groups excluding tert-OH is 1. The second-order valence-corrected chi connectivity index (χ2v) is 14.3. The molecule has 4 aromatic heterocycles. The number of nitrogens with two attached hydrogens (primary N) is 1. The zero-order valence-corrected chi connectivity index (χ0v) is 26.9. The van der Waals surface area contributed by atoms with Crippen molar-refractivity contribution in [2.45, 2.75) is 84.7 Å². The molecule has 238 valence electrons. The van der Waals surface area contributed by atoms with Crippen LogP contribution in [0.4, 0.5) is 0 Å². The van der Waals surface area contributed by atoms with Gasteiger partial charge in [-0.15, -0.1) is 0 Å². The summed E-state index contributed by atoms with van der Waals surface area (Å²) in [5, 5.41) is 14.6. The second kappa shape index (κ2) is 10.6. The number of ether oxygens (including phenoxy) is 1. The molecule has 1 aliphatic heterocycles. The van der Waals surface area contributed by atoms with Gasteiger partial charge in [-0.2, -0.15) is 0 Å². The van der Waals surface area contributed by atoms with Crippen LogP contribution < -0.4 is 15.8 Å². The first-order valence-corrected chi connectivity index (χ1v) is 16.0. The van der Waals surface area contributed by atoms with Gasteiger partial charge in [-0.3, -0.25) is 14.0 Å². The zero-order valence-electron chi connectivity index (χ0n) is 26.9. The number of carbonyl (C=O) groups excluding carboxylic acids is 2. The molecule has 5 atom stereocenters. The molecule has 4 aromatic rings. The van der Waals surface area contributed by atoms with Crippen LogP contribution in [0.25, 0.3) is 28.1 Å². The SMILES string of the molecule is COc1cc(C(=O)N2CC3CC(O)C2C3N)cc2nc(-c3cc4ccc([C@@H](C)NC(=O)C(C)(C)C)nc4n3CC3CC3)c(C)n12. The Morgan fingerprint density at radius 3 is 2.58 bits per heavy atom. The third-order valence-electron chi connectivity index (χ3n) is 9.92. The van der Waals surface area contributed by atoms with Gasteiger partial charge < -0.3 is 30.4 Å². The highest BCUT2D eigenvalue weighted by molar-refractivity contribution is 5.96. The normalized spacial score (nSPS) is 23.7. The van der Waals surface area contributed by atoms with Crippen LogP contribution in [-0.2, 0) is 11.3 Å². The number of imidazole rings is 1. The summed E-state index contributed by atoms with van der Waals surface area (Å²) in [5.74, 6) is 1.01. The number of pyridine rings is 2. The first-order valence-electron chi connectivity index (χ1n) is 16.0. The minimum atomic E-state index is -0.603. The number of amides is 2. The van der Waals surface area contributed by atoms with Crippen LogP contribution in [-0.4, -0.2) is 72.6 Å². The fourth-order valence-electron chi connectivity index (χ4n) is 7.12. The lowest BCUT2D eigenvalue weighted by Crippen LogP contribution is -2.48. The largest absolute Gasteiger partial charge is 0.482 e. The number of aliphatic hydroxyl groups is 1. The minimum Gasteiger partial charge on any atom is -0.482 e. The maximum Gasteiger partial charge on any atom is 0.254 e. The number of rotatable bonds is 7. The molecule has 4 N–H and O–H groups in total. The molecule has 11 heteroatoms. The highest BCUT2D eigenvalue weighted by Crippen LogP contribution is 2.40. The first kappa shape index (κ1) is 29.7. The van der Waals surface area contributed by atoms with Crippen LogP contribution in [0.2, 0.25) is 0 Å². The number of fused-ring (bicyclic) bond motifs is 4. The Hall–Kier alpha value is -3.96. The van der Waals surface area contributed by atoms with E-state index in [2.05, 4.69) is 22.0 Å². The van der Waals surface area contributed by atoms with Crippen molar-refractivity contribution < 1.29 is 19.4 Å². The summed E-state index contributed by atoms with van der Waals surface area (Å²) in [6, 6.07) is 8.89. The van der Waals surface area contributed by atoms with Gasteiger partial charge in [0.25, 0.3) is 5.91 Å². The lowest BCUT2D eigenvalue weighted by Gasteiger charge is -2.30. The number of likely N-dealkylation sites (tertiary alicyclic amines) is 1. The molecule has 1 saturated heterocycles. The number of methoxy groups -OCH3 is 1. The van der Waals surface area contributed by atoms with E-state index >= 15 is 0 Å². The molecule has 0 aromatic carbocycles. The molecule has 5 heterocycles. The van der Waals surface area contributed by atoms with Crippen molar-refractivity contribution in [3.8, 4) is 17.3 Å². The van der Waals surface area contributed by atoms with Crippen molar-refractivity contribution in [1.29, 1.82) is 0 Å². The fourth-order valence-corrected chi connectivity index (χ4v) is 7.12. The maximum atomic E-state index is 13.7. The fraction of sp³-hybridized carbons (Fsp3) is 0.529.